The molecule has 1 N–H and O–H groups in total. The van der Waals surface area contributed by atoms with Gasteiger partial charge in [-0.3, -0.25) is 9.59 Å². The molecule has 2 heterocycles. The number of morpholine rings is 1. The molecule has 6 nitrogen and oxygen atoms in total. The van der Waals surface area contributed by atoms with Crippen molar-refractivity contribution >= 4 is 5.91 Å². The summed E-state index contributed by atoms with van der Waals surface area (Å²) < 4.78 is 48.4. The zero-order valence-corrected chi connectivity index (χ0v) is 11.9. The predicted molar refractivity (Wildman–Crippen MR) is 69.9 cm³/mol. The van der Waals surface area contributed by atoms with Gasteiger partial charge in [0.2, 0.25) is 0 Å². The van der Waals surface area contributed by atoms with Crippen LogP contribution in [0.15, 0.2) is 17.1 Å². The van der Waals surface area contributed by atoms with Crippen LogP contribution < -0.4 is 10.3 Å². The highest BCUT2D eigenvalue weighted by Gasteiger charge is 2.49. The number of halogens is 3. The second-order valence-electron chi connectivity index (χ2n) is 4.85. The van der Waals surface area contributed by atoms with Crippen LogP contribution in [-0.2, 0) is 4.74 Å². The highest BCUT2D eigenvalue weighted by Crippen LogP contribution is 2.31. The van der Waals surface area contributed by atoms with Crippen molar-refractivity contribution in [2.75, 3.05) is 20.3 Å². The Kier molecular flexibility index (Phi) is 4.45. The van der Waals surface area contributed by atoms with E-state index in [-0.39, 0.29) is 24.5 Å². The first kappa shape index (κ1) is 16.3. The fourth-order valence-electron chi connectivity index (χ4n) is 2.38. The van der Waals surface area contributed by atoms with E-state index in [1.807, 2.05) is 0 Å². The summed E-state index contributed by atoms with van der Waals surface area (Å²) in [5.41, 5.74) is -0.478. The Bertz CT molecular complexity index is 614. The molecule has 0 spiro atoms. The van der Waals surface area contributed by atoms with Crippen molar-refractivity contribution in [2.45, 2.75) is 25.2 Å². The maximum Gasteiger partial charge on any atom is 0.416 e. The van der Waals surface area contributed by atoms with Gasteiger partial charge in [0.15, 0.2) is 6.10 Å². The molecule has 0 aliphatic carbocycles. The van der Waals surface area contributed by atoms with Crippen molar-refractivity contribution < 1.29 is 27.4 Å². The van der Waals surface area contributed by atoms with E-state index >= 15 is 0 Å². The number of amides is 1. The molecule has 1 aliphatic heterocycles. The van der Waals surface area contributed by atoms with Gasteiger partial charge in [0.25, 0.3) is 11.5 Å². The summed E-state index contributed by atoms with van der Waals surface area (Å²) in [5.74, 6) is -0.644. The fourth-order valence-corrected chi connectivity index (χ4v) is 2.38. The Labute approximate surface area is 123 Å². The van der Waals surface area contributed by atoms with E-state index in [1.165, 1.54) is 14.0 Å². The summed E-state index contributed by atoms with van der Waals surface area (Å²) in [6, 6.07) is -0.113. The SMILES string of the molecule is COc1cc(=O)[nH]cc1C(=O)N1CCO[C@H](C(F)(F)F)[C@@H]1C. The Balaban J connectivity index is 2.31. The monoisotopic (exact) mass is 320 g/mol. The van der Waals surface area contributed by atoms with Crippen molar-refractivity contribution in [3.63, 3.8) is 0 Å². The zero-order chi connectivity index (χ0) is 16.5. The van der Waals surface area contributed by atoms with Crippen molar-refractivity contribution in [2.24, 2.45) is 0 Å². The van der Waals surface area contributed by atoms with Gasteiger partial charge in [0.1, 0.15) is 5.75 Å². The summed E-state index contributed by atoms with van der Waals surface area (Å²) >= 11 is 0. The van der Waals surface area contributed by atoms with Crippen LogP contribution in [0, 0.1) is 0 Å². The van der Waals surface area contributed by atoms with Crippen LogP contribution in [0.4, 0.5) is 13.2 Å². The molecular formula is C13H15F3N2O4. The molecule has 22 heavy (non-hydrogen) atoms. The first-order valence-corrected chi connectivity index (χ1v) is 6.51. The molecule has 1 aromatic heterocycles. The zero-order valence-electron chi connectivity index (χ0n) is 11.9. The van der Waals surface area contributed by atoms with Gasteiger partial charge < -0.3 is 19.4 Å². The molecule has 9 heteroatoms. The minimum absolute atomic E-state index is 0.00299. The van der Waals surface area contributed by atoms with Gasteiger partial charge in [-0.05, 0) is 6.92 Å². The van der Waals surface area contributed by atoms with Crippen molar-refractivity contribution in [3.8, 4) is 5.75 Å². The van der Waals surface area contributed by atoms with E-state index in [0.717, 1.165) is 17.2 Å². The van der Waals surface area contributed by atoms with Crippen LogP contribution in [0.1, 0.15) is 17.3 Å². The number of aromatic amines is 1. The minimum atomic E-state index is -4.56. The number of carbonyl (C=O) groups is 1. The summed E-state index contributed by atoms with van der Waals surface area (Å²) in [5, 5.41) is 0. The van der Waals surface area contributed by atoms with Crippen LogP contribution in [0.3, 0.4) is 0 Å². The average molecular weight is 320 g/mol. The molecule has 122 valence electrons. The third kappa shape index (κ3) is 3.08. The van der Waals surface area contributed by atoms with E-state index in [2.05, 4.69) is 4.98 Å². The Morgan fingerprint density at radius 1 is 1.50 bits per heavy atom. The first-order valence-electron chi connectivity index (χ1n) is 6.51. The second kappa shape index (κ2) is 5.99. The number of nitrogens with one attached hydrogen (secondary N) is 1. The standard InChI is InChI=1S/C13H15F3N2O4/c1-7-11(13(14,15)16)22-4-3-18(7)12(20)8-6-17-10(19)5-9(8)21-2/h5-7,11H,3-4H2,1-2H3,(H,17,19)/t7-,11-/m0/s1. The molecule has 1 aromatic rings. The Morgan fingerprint density at radius 3 is 2.77 bits per heavy atom. The fraction of sp³-hybridized carbons (Fsp3) is 0.538. The Hall–Kier alpha value is -2.03. The Morgan fingerprint density at radius 2 is 2.18 bits per heavy atom. The van der Waals surface area contributed by atoms with Crippen molar-refractivity contribution in [3.05, 3.63) is 28.2 Å². The summed E-state index contributed by atoms with van der Waals surface area (Å²) in [7, 11) is 1.27. The largest absolute Gasteiger partial charge is 0.496 e. The van der Waals surface area contributed by atoms with E-state index in [0.29, 0.717) is 0 Å². The maximum atomic E-state index is 12.9. The number of rotatable bonds is 2. The number of alkyl halides is 3. The predicted octanol–water partition coefficient (Wildman–Crippen LogP) is 1.18. The van der Waals surface area contributed by atoms with E-state index < -0.39 is 29.8 Å². The highest BCUT2D eigenvalue weighted by molar-refractivity contribution is 5.96. The van der Waals surface area contributed by atoms with Crippen molar-refractivity contribution in [1.82, 2.24) is 9.88 Å². The molecule has 0 bridgehead atoms. The summed E-state index contributed by atoms with van der Waals surface area (Å²) in [6.07, 6.45) is -5.47. The lowest BCUT2D eigenvalue weighted by Crippen LogP contribution is -2.57. The number of aromatic nitrogens is 1. The number of ether oxygens (including phenoxy) is 2. The number of hydrogen-bond donors (Lipinski definition) is 1. The highest BCUT2D eigenvalue weighted by atomic mass is 19.4. The van der Waals surface area contributed by atoms with Crippen LogP contribution in [-0.4, -0.2) is 54.4 Å². The van der Waals surface area contributed by atoms with Crippen LogP contribution in [0.2, 0.25) is 0 Å². The molecule has 0 saturated carbocycles. The summed E-state index contributed by atoms with van der Waals surface area (Å²) in [6.45, 7) is 1.08. The maximum absolute atomic E-state index is 12.9. The van der Waals surface area contributed by atoms with Gasteiger partial charge >= 0.3 is 6.18 Å². The van der Waals surface area contributed by atoms with Gasteiger partial charge in [0, 0.05) is 18.8 Å². The van der Waals surface area contributed by atoms with Gasteiger partial charge in [-0.25, -0.2) is 0 Å². The number of pyridine rings is 1. The molecule has 1 fully saturated rings. The van der Waals surface area contributed by atoms with Crippen LogP contribution in [0.25, 0.3) is 0 Å². The third-order valence-electron chi connectivity index (χ3n) is 3.48. The number of carbonyl (C=O) groups excluding carboxylic acids is 1. The molecule has 1 amide bonds. The number of hydrogen-bond acceptors (Lipinski definition) is 4. The lowest BCUT2D eigenvalue weighted by atomic mass is 10.1. The average Bonchev–Trinajstić information content (AvgIpc) is 2.45. The normalized spacial score (nSPS) is 22.5. The molecule has 0 radical (unpaired) electrons. The topological polar surface area (TPSA) is 71.6 Å². The molecule has 0 unspecified atom stereocenters. The smallest absolute Gasteiger partial charge is 0.416 e. The molecule has 2 atom stereocenters. The van der Waals surface area contributed by atoms with E-state index in [9.17, 15) is 22.8 Å². The molecular weight excluding hydrogens is 305 g/mol. The van der Waals surface area contributed by atoms with Crippen LogP contribution >= 0.6 is 0 Å². The number of nitrogens with zero attached hydrogens (tertiary/aromatic N) is 1. The van der Waals surface area contributed by atoms with Crippen molar-refractivity contribution in [1.29, 1.82) is 0 Å². The first-order chi connectivity index (χ1) is 10.3. The lowest BCUT2D eigenvalue weighted by molar-refractivity contribution is -0.246. The van der Waals surface area contributed by atoms with Crippen LogP contribution in [0.5, 0.6) is 5.75 Å². The van der Waals surface area contributed by atoms with Gasteiger partial charge in [0.05, 0.1) is 25.3 Å². The molecule has 0 aromatic carbocycles. The number of H-pyrrole nitrogens is 1. The molecule has 2 rings (SSSR count). The summed E-state index contributed by atoms with van der Waals surface area (Å²) in [4.78, 5) is 27.1. The minimum Gasteiger partial charge on any atom is -0.496 e. The lowest BCUT2D eigenvalue weighted by Gasteiger charge is -2.40. The van der Waals surface area contributed by atoms with Gasteiger partial charge in [-0.15, -0.1) is 0 Å². The molecule has 1 saturated heterocycles. The van der Waals surface area contributed by atoms with E-state index in [1.54, 1.807) is 0 Å². The van der Waals surface area contributed by atoms with Gasteiger partial charge in [-0.1, -0.05) is 0 Å². The number of methoxy groups -OCH3 is 1. The second-order valence-corrected chi connectivity index (χ2v) is 4.85. The van der Waals surface area contributed by atoms with Gasteiger partial charge in [-0.2, -0.15) is 13.2 Å². The quantitative estimate of drug-likeness (QED) is 0.888. The third-order valence-corrected chi connectivity index (χ3v) is 3.48. The molecule has 1 aliphatic rings. The van der Waals surface area contributed by atoms with E-state index in [4.69, 9.17) is 9.47 Å².